The molecule has 250 valence electrons. The van der Waals surface area contributed by atoms with Crippen molar-refractivity contribution < 1.29 is 4.74 Å². The van der Waals surface area contributed by atoms with Gasteiger partial charge in [-0.15, -0.1) is 0 Å². The van der Waals surface area contributed by atoms with Gasteiger partial charge in [-0.2, -0.15) is 0 Å². The van der Waals surface area contributed by atoms with E-state index >= 15 is 0 Å². The first-order valence-corrected chi connectivity index (χ1v) is 18.4. The number of para-hydroxylation sites is 4. The lowest BCUT2D eigenvalue weighted by Gasteiger charge is -2.35. The predicted molar refractivity (Wildman–Crippen MR) is 222 cm³/mol. The third-order valence-corrected chi connectivity index (χ3v) is 11.6. The summed E-state index contributed by atoms with van der Waals surface area (Å²) in [7, 11) is 0. The molecule has 0 spiro atoms. The maximum Gasteiger partial charge on any atom is 0.151 e. The molecule has 53 heavy (non-hydrogen) atoms. The maximum absolute atomic E-state index is 6.51. The first kappa shape index (κ1) is 30.0. The summed E-state index contributed by atoms with van der Waals surface area (Å²) in [5.41, 5.74) is 13.5. The van der Waals surface area contributed by atoms with Crippen LogP contribution in [-0.2, 0) is 5.41 Å². The second-order valence-electron chi connectivity index (χ2n) is 14.9. The van der Waals surface area contributed by atoms with Crippen molar-refractivity contribution in [3.05, 3.63) is 187 Å². The predicted octanol–water partition coefficient (Wildman–Crippen LogP) is 14.4. The molecule has 0 aromatic heterocycles. The van der Waals surface area contributed by atoms with E-state index in [0.29, 0.717) is 0 Å². The van der Waals surface area contributed by atoms with E-state index in [0.717, 1.165) is 28.6 Å². The van der Waals surface area contributed by atoms with Gasteiger partial charge in [0.25, 0.3) is 0 Å². The summed E-state index contributed by atoms with van der Waals surface area (Å²) in [4.78, 5) is 2.42. The second-order valence-corrected chi connectivity index (χ2v) is 14.9. The Morgan fingerprint density at radius 1 is 0.415 bits per heavy atom. The molecule has 9 aromatic carbocycles. The van der Waals surface area contributed by atoms with Crippen molar-refractivity contribution in [2.75, 3.05) is 4.90 Å². The molecule has 0 unspecified atom stereocenters. The highest BCUT2D eigenvalue weighted by molar-refractivity contribution is 6.23. The fraction of sp³-hybridized carbons (Fsp3) is 0.0588. The van der Waals surface area contributed by atoms with Crippen LogP contribution in [0.5, 0.6) is 11.5 Å². The van der Waals surface area contributed by atoms with E-state index in [9.17, 15) is 0 Å². The lowest BCUT2D eigenvalue weighted by molar-refractivity contribution is 0.477. The Bertz CT molecular complexity index is 2920. The van der Waals surface area contributed by atoms with E-state index in [2.05, 4.69) is 183 Å². The van der Waals surface area contributed by atoms with Gasteiger partial charge in [0.1, 0.15) is 0 Å². The number of anilines is 3. The fourth-order valence-corrected chi connectivity index (χ4v) is 9.17. The normalized spacial score (nSPS) is 13.7. The van der Waals surface area contributed by atoms with Crippen LogP contribution in [0.2, 0.25) is 0 Å². The molecule has 0 saturated carbocycles. The molecule has 2 nitrogen and oxygen atoms in total. The summed E-state index contributed by atoms with van der Waals surface area (Å²) in [5, 5.41) is 7.32. The standard InChI is InChI=1S/C51H35NO/c1-51(2)43-21-8-7-17-37(43)41-31-34(27-29-44(41)51)49-38-18-5-6-19-39(38)50(52-45-22-9-11-24-47(45)53-48-25-12-10-23-46(48)52)40-28-26-33(30-42(40)49)36-20-13-15-32-14-3-4-16-35(32)36/h3-31H,1-2H3. The van der Waals surface area contributed by atoms with Gasteiger partial charge >= 0.3 is 0 Å². The van der Waals surface area contributed by atoms with Crippen molar-refractivity contribution in [2.24, 2.45) is 0 Å². The number of hydrogen-bond acceptors (Lipinski definition) is 2. The van der Waals surface area contributed by atoms with Crippen molar-refractivity contribution in [2.45, 2.75) is 19.3 Å². The maximum atomic E-state index is 6.51. The zero-order chi connectivity index (χ0) is 35.3. The Balaban J connectivity index is 1.27. The Hall–Kier alpha value is -6.64. The fourth-order valence-electron chi connectivity index (χ4n) is 9.17. The molecule has 0 radical (unpaired) electrons. The van der Waals surface area contributed by atoms with Gasteiger partial charge < -0.3 is 9.64 Å². The number of benzene rings is 9. The molecule has 2 heteroatoms. The van der Waals surface area contributed by atoms with Crippen molar-refractivity contribution in [1.82, 2.24) is 0 Å². The van der Waals surface area contributed by atoms with Crippen LogP contribution in [0.25, 0.3) is 65.7 Å². The SMILES string of the molecule is CC1(C)c2ccccc2-c2cc(-c3c4ccccc4c(N4c5ccccc5Oc5ccccc54)c4ccc(-c5cccc6ccccc56)cc34)ccc21. The Morgan fingerprint density at radius 3 is 1.81 bits per heavy atom. The van der Waals surface area contributed by atoms with E-state index in [1.807, 2.05) is 12.1 Å². The van der Waals surface area contributed by atoms with Crippen LogP contribution in [-0.4, -0.2) is 0 Å². The van der Waals surface area contributed by atoms with Crippen LogP contribution in [0, 0.1) is 0 Å². The average molecular weight is 678 g/mol. The zero-order valence-corrected chi connectivity index (χ0v) is 29.6. The number of hydrogen-bond donors (Lipinski definition) is 0. The van der Waals surface area contributed by atoms with Gasteiger partial charge in [-0.3, -0.25) is 0 Å². The summed E-state index contributed by atoms with van der Waals surface area (Å²) in [5.74, 6) is 1.69. The third kappa shape index (κ3) is 4.33. The molecule has 1 aliphatic carbocycles. The Kier molecular flexibility index (Phi) is 6.33. The molecule has 0 bridgehead atoms. The van der Waals surface area contributed by atoms with Gasteiger partial charge in [0.15, 0.2) is 11.5 Å². The van der Waals surface area contributed by atoms with Crippen molar-refractivity contribution in [3.8, 4) is 44.9 Å². The van der Waals surface area contributed by atoms with Gasteiger partial charge in [-0.05, 0) is 102 Å². The van der Waals surface area contributed by atoms with Crippen LogP contribution in [0.15, 0.2) is 176 Å². The largest absolute Gasteiger partial charge is 0.453 e. The molecule has 0 atom stereocenters. The lowest BCUT2D eigenvalue weighted by Crippen LogP contribution is -2.16. The number of fused-ring (bicyclic) bond motifs is 8. The highest BCUT2D eigenvalue weighted by Crippen LogP contribution is 2.56. The third-order valence-electron chi connectivity index (χ3n) is 11.6. The quantitative estimate of drug-likeness (QED) is 0.173. The van der Waals surface area contributed by atoms with Gasteiger partial charge in [-0.1, -0.05) is 153 Å². The molecular weight excluding hydrogens is 643 g/mol. The zero-order valence-electron chi connectivity index (χ0n) is 29.6. The van der Waals surface area contributed by atoms with Crippen LogP contribution >= 0.6 is 0 Å². The van der Waals surface area contributed by atoms with E-state index in [4.69, 9.17) is 4.74 Å². The molecular formula is C51H35NO. The molecule has 11 rings (SSSR count). The highest BCUT2D eigenvalue weighted by atomic mass is 16.5. The van der Waals surface area contributed by atoms with Gasteiger partial charge in [0, 0.05) is 16.2 Å². The summed E-state index contributed by atoms with van der Waals surface area (Å²) >= 11 is 0. The molecule has 2 aliphatic rings. The van der Waals surface area contributed by atoms with Crippen molar-refractivity contribution >= 4 is 49.4 Å². The second kappa shape index (κ2) is 11.2. The number of rotatable bonds is 3. The van der Waals surface area contributed by atoms with E-state index in [1.165, 1.54) is 76.8 Å². The minimum atomic E-state index is -0.0584. The van der Waals surface area contributed by atoms with Crippen LogP contribution in [0.1, 0.15) is 25.0 Å². The molecule has 0 saturated heterocycles. The molecule has 9 aromatic rings. The Labute approximate surface area is 309 Å². The van der Waals surface area contributed by atoms with E-state index < -0.39 is 0 Å². The highest BCUT2D eigenvalue weighted by Gasteiger charge is 2.36. The Morgan fingerprint density at radius 2 is 1.00 bits per heavy atom. The molecule has 0 fully saturated rings. The van der Waals surface area contributed by atoms with Gasteiger partial charge in [0.05, 0.1) is 17.1 Å². The van der Waals surface area contributed by atoms with Crippen LogP contribution < -0.4 is 9.64 Å². The first-order chi connectivity index (χ1) is 26.1. The summed E-state index contributed by atoms with van der Waals surface area (Å²) < 4.78 is 6.51. The molecule has 0 N–H and O–H groups in total. The minimum Gasteiger partial charge on any atom is -0.453 e. The lowest BCUT2D eigenvalue weighted by atomic mass is 9.81. The van der Waals surface area contributed by atoms with E-state index in [-0.39, 0.29) is 5.41 Å². The summed E-state index contributed by atoms with van der Waals surface area (Å²) in [6.07, 6.45) is 0. The van der Waals surface area contributed by atoms with Gasteiger partial charge in [0.2, 0.25) is 0 Å². The summed E-state index contributed by atoms with van der Waals surface area (Å²) in [6, 6.07) is 64.3. The van der Waals surface area contributed by atoms with Gasteiger partial charge in [-0.25, -0.2) is 0 Å². The summed E-state index contributed by atoms with van der Waals surface area (Å²) in [6.45, 7) is 4.71. The average Bonchev–Trinajstić information content (AvgIpc) is 3.44. The topological polar surface area (TPSA) is 12.5 Å². The molecule has 1 aliphatic heterocycles. The van der Waals surface area contributed by atoms with E-state index in [1.54, 1.807) is 0 Å². The minimum absolute atomic E-state index is 0.0584. The van der Waals surface area contributed by atoms with Crippen molar-refractivity contribution in [1.29, 1.82) is 0 Å². The van der Waals surface area contributed by atoms with Crippen LogP contribution in [0.4, 0.5) is 17.1 Å². The monoisotopic (exact) mass is 677 g/mol. The molecule has 1 heterocycles. The number of nitrogens with zero attached hydrogens (tertiary/aromatic N) is 1. The van der Waals surface area contributed by atoms with Crippen molar-refractivity contribution in [3.63, 3.8) is 0 Å². The molecule has 0 amide bonds. The smallest absolute Gasteiger partial charge is 0.151 e. The first-order valence-electron chi connectivity index (χ1n) is 18.4. The van der Waals surface area contributed by atoms with Crippen LogP contribution in [0.3, 0.4) is 0 Å². The number of ether oxygens (including phenoxy) is 1.